The first-order valence-electron chi connectivity index (χ1n) is 12.6. The summed E-state index contributed by atoms with van der Waals surface area (Å²) in [6, 6.07) is 6.53. The molecule has 2 aromatic heterocycles. The molecule has 38 heavy (non-hydrogen) atoms. The molecule has 0 saturated carbocycles. The predicted octanol–water partition coefficient (Wildman–Crippen LogP) is 5.16. The quantitative estimate of drug-likeness (QED) is 0.370. The van der Waals surface area contributed by atoms with Crippen LogP contribution in [0.4, 0.5) is 19.0 Å². The van der Waals surface area contributed by atoms with Gasteiger partial charge in [-0.3, -0.25) is 0 Å². The minimum atomic E-state index is -4.57. The Morgan fingerprint density at radius 2 is 1.66 bits per heavy atom. The molecule has 3 heterocycles. The molecule has 0 amide bonds. The van der Waals surface area contributed by atoms with Crippen molar-refractivity contribution in [2.75, 3.05) is 44.4 Å². The lowest BCUT2D eigenvalue weighted by molar-refractivity contribution is -0.137. The second-order valence-electron chi connectivity index (χ2n) is 8.74. The third-order valence-corrected chi connectivity index (χ3v) is 6.26. The molecule has 0 bridgehead atoms. The highest BCUT2D eigenvalue weighted by Crippen LogP contribution is 2.38. The first kappa shape index (κ1) is 27.4. The number of alkyl halides is 3. The number of benzene rings is 1. The van der Waals surface area contributed by atoms with E-state index in [-0.39, 0.29) is 35.4 Å². The lowest BCUT2D eigenvalue weighted by Crippen LogP contribution is -2.37. The SMILES string of the molecule is CCCc1c(C(=O)OCC)c(C(=O)OCC)c2c(-c3cccc(C(F)(F)F)c3)cc(N3CCOCC3)nn12. The zero-order valence-electron chi connectivity index (χ0n) is 21.6. The van der Waals surface area contributed by atoms with E-state index in [1.54, 1.807) is 26.0 Å². The molecule has 204 valence electrons. The third kappa shape index (κ3) is 5.33. The van der Waals surface area contributed by atoms with E-state index in [0.29, 0.717) is 56.2 Å². The minimum Gasteiger partial charge on any atom is -0.462 e. The number of esters is 2. The fourth-order valence-corrected chi connectivity index (χ4v) is 4.62. The van der Waals surface area contributed by atoms with E-state index >= 15 is 0 Å². The van der Waals surface area contributed by atoms with Crippen molar-refractivity contribution in [2.45, 2.75) is 39.8 Å². The Morgan fingerprint density at radius 3 is 2.26 bits per heavy atom. The number of halogens is 3. The van der Waals surface area contributed by atoms with E-state index in [0.717, 1.165) is 12.1 Å². The Hall–Kier alpha value is -3.60. The second kappa shape index (κ2) is 11.4. The fourth-order valence-electron chi connectivity index (χ4n) is 4.62. The summed E-state index contributed by atoms with van der Waals surface area (Å²) in [5.74, 6) is -0.997. The maximum absolute atomic E-state index is 13.7. The van der Waals surface area contributed by atoms with Gasteiger partial charge >= 0.3 is 18.1 Å². The van der Waals surface area contributed by atoms with Crippen molar-refractivity contribution < 1.29 is 37.0 Å². The van der Waals surface area contributed by atoms with Gasteiger partial charge in [-0.2, -0.15) is 13.2 Å². The van der Waals surface area contributed by atoms with Gasteiger partial charge in [0.1, 0.15) is 11.4 Å². The summed E-state index contributed by atoms with van der Waals surface area (Å²) in [5, 5.41) is 4.79. The van der Waals surface area contributed by atoms with E-state index in [4.69, 9.17) is 19.3 Å². The number of anilines is 1. The average Bonchev–Trinajstić information content (AvgIpc) is 3.23. The maximum Gasteiger partial charge on any atom is 0.416 e. The van der Waals surface area contributed by atoms with Crippen LogP contribution in [-0.2, 0) is 26.8 Å². The maximum atomic E-state index is 13.7. The van der Waals surface area contributed by atoms with Crippen molar-refractivity contribution >= 4 is 23.3 Å². The molecule has 1 aliphatic rings. The van der Waals surface area contributed by atoms with Crippen molar-refractivity contribution in [3.63, 3.8) is 0 Å². The molecular formula is C27H30F3N3O5. The number of hydrogen-bond donors (Lipinski definition) is 0. The van der Waals surface area contributed by atoms with Crippen LogP contribution in [0.1, 0.15) is 59.2 Å². The number of aryl methyl sites for hydroxylation is 1. The van der Waals surface area contributed by atoms with Crippen LogP contribution in [0, 0.1) is 0 Å². The summed E-state index contributed by atoms with van der Waals surface area (Å²) in [6.07, 6.45) is -3.58. The van der Waals surface area contributed by atoms with E-state index in [1.165, 1.54) is 10.6 Å². The smallest absolute Gasteiger partial charge is 0.416 e. The molecule has 0 N–H and O–H groups in total. The second-order valence-corrected chi connectivity index (χ2v) is 8.74. The van der Waals surface area contributed by atoms with Crippen molar-refractivity contribution in [2.24, 2.45) is 0 Å². The van der Waals surface area contributed by atoms with Crippen molar-refractivity contribution in [1.82, 2.24) is 9.61 Å². The Bertz CT molecular complexity index is 1330. The molecule has 1 fully saturated rings. The molecule has 3 aromatic rings. The van der Waals surface area contributed by atoms with Gasteiger partial charge in [0.2, 0.25) is 0 Å². The van der Waals surface area contributed by atoms with Crippen LogP contribution in [0.25, 0.3) is 16.6 Å². The highest BCUT2D eigenvalue weighted by Gasteiger charge is 2.34. The molecule has 0 spiro atoms. The van der Waals surface area contributed by atoms with Gasteiger partial charge < -0.3 is 19.1 Å². The summed E-state index contributed by atoms with van der Waals surface area (Å²) in [6.45, 7) is 7.31. The largest absolute Gasteiger partial charge is 0.462 e. The molecule has 1 saturated heterocycles. The van der Waals surface area contributed by atoms with E-state index in [2.05, 4.69) is 0 Å². The summed E-state index contributed by atoms with van der Waals surface area (Å²) < 4.78 is 58.6. The number of nitrogens with zero attached hydrogens (tertiary/aromatic N) is 3. The van der Waals surface area contributed by atoms with Crippen LogP contribution >= 0.6 is 0 Å². The molecule has 0 aliphatic carbocycles. The monoisotopic (exact) mass is 533 g/mol. The number of rotatable bonds is 8. The molecule has 11 heteroatoms. The molecule has 1 aliphatic heterocycles. The van der Waals surface area contributed by atoms with Gasteiger partial charge in [0.05, 0.1) is 48.8 Å². The van der Waals surface area contributed by atoms with E-state index < -0.39 is 23.7 Å². The lowest BCUT2D eigenvalue weighted by atomic mass is 9.99. The number of ether oxygens (including phenoxy) is 3. The summed E-state index contributed by atoms with van der Waals surface area (Å²) >= 11 is 0. The Morgan fingerprint density at radius 1 is 1.00 bits per heavy atom. The average molecular weight is 534 g/mol. The molecule has 0 atom stereocenters. The van der Waals surface area contributed by atoms with Gasteiger partial charge in [-0.25, -0.2) is 14.1 Å². The van der Waals surface area contributed by atoms with Gasteiger partial charge in [0.25, 0.3) is 0 Å². The highest BCUT2D eigenvalue weighted by molar-refractivity contribution is 6.12. The lowest BCUT2D eigenvalue weighted by Gasteiger charge is -2.28. The van der Waals surface area contributed by atoms with E-state index in [1.807, 2.05) is 11.8 Å². The summed E-state index contributed by atoms with van der Waals surface area (Å²) in [4.78, 5) is 28.5. The van der Waals surface area contributed by atoms with Crippen LogP contribution in [-0.4, -0.2) is 61.1 Å². The normalized spacial score (nSPS) is 14.1. The fraction of sp³-hybridized carbons (Fsp3) is 0.444. The topological polar surface area (TPSA) is 82.4 Å². The molecule has 0 radical (unpaired) electrons. The van der Waals surface area contributed by atoms with Crippen LogP contribution in [0.5, 0.6) is 0 Å². The van der Waals surface area contributed by atoms with Crippen LogP contribution in [0.3, 0.4) is 0 Å². The number of aromatic nitrogens is 2. The zero-order valence-corrected chi connectivity index (χ0v) is 21.6. The van der Waals surface area contributed by atoms with E-state index in [9.17, 15) is 22.8 Å². The first-order valence-corrected chi connectivity index (χ1v) is 12.6. The number of morpholine rings is 1. The Kier molecular flexibility index (Phi) is 8.25. The van der Waals surface area contributed by atoms with Gasteiger partial charge in [-0.1, -0.05) is 25.5 Å². The molecular weight excluding hydrogens is 503 g/mol. The van der Waals surface area contributed by atoms with Crippen LogP contribution in [0.2, 0.25) is 0 Å². The molecule has 0 unspecified atom stereocenters. The van der Waals surface area contributed by atoms with Gasteiger partial charge in [0, 0.05) is 18.7 Å². The predicted molar refractivity (Wildman–Crippen MR) is 135 cm³/mol. The number of carbonyl (C=O) groups is 2. The van der Waals surface area contributed by atoms with Gasteiger partial charge in [0.15, 0.2) is 0 Å². The highest BCUT2D eigenvalue weighted by atomic mass is 19.4. The summed E-state index contributed by atoms with van der Waals surface area (Å²) in [5.41, 5.74) is 0.307. The third-order valence-electron chi connectivity index (χ3n) is 6.26. The van der Waals surface area contributed by atoms with Crippen molar-refractivity contribution in [1.29, 1.82) is 0 Å². The Balaban J connectivity index is 2.13. The van der Waals surface area contributed by atoms with Crippen molar-refractivity contribution in [3.8, 4) is 11.1 Å². The number of fused-ring (bicyclic) bond motifs is 1. The van der Waals surface area contributed by atoms with Gasteiger partial charge in [-0.15, -0.1) is 5.10 Å². The van der Waals surface area contributed by atoms with Crippen LogP contribution < -0.4 is 4.90 Å². The Labute approximate surface area is 218 Å². The first-order chi connectivity index (χ1) is 18.2. The summed E-state index contributed by atoms with van der Waals surface area (Å²) in [7, 11) is 0. The van der Waals surface area contributed by atoms with Crippen LogP contribution in [0.15, 0.2) is 30.3 Å². The standard InChI is InChI=1S/C27H30F3N3O5/c1-4-8-20-22(25(34)37-5-2)23(26(35)38-6-3)24-19(17-9-7-10-18(15-17)27(28,29)30)16-21(31-33(20)24)32-11-13-36-14-12-32/h7,9-10,15-16H,4-6,8,11-14H2,1-3H3. The minimum absolute atomic E-state index is 0.0204. The number of hydrogen-bond acceptors (Lipinski definition) is 7. The molecule has 1 aromatic carbocycles. The van der Waals surface area contributed by atoms with Crippen molar-refractivity contribution in [3.05, 3.63) is 52.7 Å². The zero-order chi connectivity index (χ0) is 27.4. The molecule has 4 rings (SSSR count). The van der Waals surface area contributed by atoms with Gasteiger partial charge in [-0.05, 0) is 44.0 Å². The number of carbonyl (C=O) groups excluding carboxylic acids is 2. The molecule has 8 nitrogen and oxygen atoms in total.